The fourth-order valence-electron chi connectivity index (χ4n) is 2.51. The van der Waals surface area contributed by atoms with Crippen LogP contribution in [0, 0.1) is 0 Å². The van der Waals surface area contributed by atoms with Gasteiger partial charge in [-0.1, -0.05) is 0 Å². The Labute approximate surface area is 121 Å². The molecular formula is C12H23NO8. The molecule has 9 nitrogen and oxygen atoms in total. The van der Waals surface area contributed by atoms with E-state index in [1.54, 1.807) is 6.92 Å². The molecule has 2 heterocycles. The number of rotatable bonds is 4. The van der Waals surface area contributed by atoms with Crippen LogP contribution in [-0.2, 0) is 14.2 Å². The first-order valence-electron chi connectivity index (χ1n) is 6.89. The van der Waals surface area contributed by atoms with Crippen LogP contribution in [0.4, 0.5) is 0 Å². The second-order valence-electron chi connectivity index (χ2n) is 5.44. The fraction of sp³-hybridized carbons (Fsp3) is 1.00. The maximum Gasteiger partial charge on any atom is 0.186 e. The first-order valence-corrected chi connectivity index (χ1v) is 6.89. The summed E-state index contributed by atoms with van der Waals surface area (Å²) in [6.45, 7) is 1.41. The number of nitrogens with two attached hydrogens (primary N) is 1. The van der Waals surface area contributed by atoms with Gasteiger partial charge in [-0.15, -0.1) is 0 Å². The molecule has 2 aliphatic rings. The average Bonchev–Trinajstić information content (AvgIpc) is 2.71. The summed E-state index contributed by atoms with van der Waals surface area (Å²) >= 11 is 0. The SMILES string of the molecule is C[C@H]1O[C@H](COC2O[C@H](CN)[C@@H](O)[C@H](O)[C@H]2O)[C@H](O)[C@H]1O. The Balaban J connectivity index is 1.90. The molecule has 2 fully saturated rings. The van der Waals surface area contributed by atoms with E-state index in [2.05, 4.69) is 0 Å². The van der Waals surface area contributed by atoms with E-state index in [1.165, 1.54) is 0 Å². The van der Waals surface area contributed by atoms with Crippen LogP contribution >= 0.6 is 0 Å². The summed E-state index contributed by atoms with van der Waals surface area (Å²) in [5.74, 6) is 0. The number of hydrogen-bond acceptors (Lipinski definition) is 9. The van der Waals surface area contributed by atoms with Crippen molar-refractivity contribution in [2.45, 2.75) is 62.0 Å². The van der Waals surface area contributed by atoms with Gasteiger partial charge in [0.05, 0.1) is 12.7 Å². The molecule has 0 aromatic carbocycles. The van der Waals surface area contributed by atoms with Gasteiger partial charge in [0, 0.05) is 6.54 Å². The van der Waals surface area contributed by atoms with E-state index in [9.17, 15) is 25.5 Å². The third-order valence-corrected chi connectivity index (χ3v) is 3.93. The molecule has 0 amide bonds. The van der Waals surface area contributed by atoms with E-state index >= 15 is 0 Å². The molecule has 2 rings (SSSR count). The van der Waals surface area contributed by atoms with Crippen molar-refractivity contribution in [2.75, 3.05) is 13.2 Å². The molecule has 124 valence electrons. The van der Waals surface area contributed by atoms with Crippen LogP contribution in [0.3, 0.4) is 0 Å². The zero-order valence-corrected chi connectivity index (χ0v) is 11.6. The van der Waals surface area contributed by atoms with Crippen molar-refractivity contribution in [3.05, 3.63) is 0 Å². The zero-order valence-electron chi connectivity index (χ0n) is 11.6. The van der Waals surface area contributed by atoms with Crippen molar-refractivity contribution < 1.29 is 39.7 Å². The van der Waals surface area contributed by atoms with Gasteiger partial charge in [-0.2, -0.15) is 0 Å². The van der Waals surface area contributed by atoms with Gasteiger partial charge in [0.2, 0.25) is 0 Å². The largest absolute Gasteiger partial charge is 0.388 e. The first-order chi connectivity index (χ1) is 9.86. The second kappa shape index (κ2) is 6.82. The zero-order chi connectivity index (χ0) is 15.7. The quantitative estimate of drug-likeness (QED) is 0.307. The molecule has 2 aliphatic heterocycles. The molecule has 0 saturated carbocycles. The minimum absolute atomic E-state index is 0.0525. The van der Waals surface area contributed by atoms with Gasteiger partial charge in [-0.05, 0) is 6.92 Å². The predicted molar refractivity (Wildman–Crippen MR) is 68.0 cm³/mol. The summed E-state index contributed by atoms with van der Waals surface area (Å²) in [6, 6.07) is 0. The highest BCUT2D eigenvalue weighted by Gasteiger charge is 2.45. The van der Waals surface area contributed by atoms with E-state index < -0.39 is 55.1 Å². The van der Waals surface area contributed by atoms with Gasteiger partial charge < -0.3 is 45.5 Å². The summed E-state index contributed by atoms with van der Waals surface area (Å²) in [7, 11) is 0. The van der Waals surface area contributed by atoms with E-state index in [0.717, 1.165) is 0 Å². The molecule has 9 heteroatoms. The Bertz CT molecular complexity index is 343. The Morgan fingerprint density at radius 2 is 1.48 bits per heavy atom. The summed E-state index contributed by atoms with van der Waals surface area (Å²) in [5, 5.41) is 48.5. The lowest BCUT2D eigenvalue weighted by molar-refractivity contribution is -0.299. The third-order valence-electron chi connectivity index (χ3n) is 3.93. The summed E-state index contributed by atoms with van der Waals surface area (Å²) in [5.41, 5.74) is 5.41. The van der Waals surface area contributed by atoms with Crippen molar-refractivity contribution in [2.24, 2.45) is 5.73 Å². The molecule has 9 atom stereocenters. The minimum atomic E-state index is -1.45. The Hall–Kier alpha value is -0.360. The lowest BCUT2D eigenvalue weighted by atomic mass is 9.99. The number of aliphatic hydroxyl groups is 5. The molecule has 0 aromatic heterocycles. The minimum Gasteiger partial charge on any atom is -0.388 e. The number of ether oxygens (including phenoxy) is 3. The van der Waals surface area contributed by atoms with Crippen LogP contribution in [0.15, 0.2) is 0 Å². The normalized spacial score (nSPS) is 51.3. The molecule has 1 unspecified atom stereocenters. The van der Waals surface area contributed by atoms with Crippen molar-refractivity contribution in [3.8, 4) is 0 Å². The van der Waals surface area contributed by atoms with E-state index in [4.69, 9.17) is 19.9 Å². The maximum absolute atomic E-state index is 9.81. The standard InChI is InChI=1S/C12H23NO8/c1-4-7(14)9(16)6(20-4)3-19-12-11(18)10(17)8(15)5(2-13)21-12/h4-12,14-18H,2-3,13H2,1H3/t4-,5-,6-,7+,8-,9+,10+,11-,12?/m1/s1. The van der Waals surface area contributed by atoms with Crippen molar-refractivity contribution in [1.29, 1.82) is 0 Å². The molecule has 2 saturated heterocycles. The summed E-state index contributed by atoms with van der Waals surface area (Å²) in [6.07, 6.45) is -9.71. The average molecular weight is 309 g/mol. The predicted octanol–water partition coefficient (Wildman–Crippen LogP) is -3.72. The lowest BCUT2D eigenvalue weighted by Gasteiger charge is -2.40. The van der Waals surface area contributed by atoms with Gasteiger partial charge in [-0.3, -0.25) is 0 Å². The molecule has 0 radical (unpaired) electrons. The van der Waals surface area contributed by atoms with Gasteiger partial charge in [0.1, 0.15) is 42.7 Å². The van der Waals surface area contributed by atoms with Crippen LogP contribution in [0.25, 0.3) is 0 Å². The molecule has 0 bridgehead atoms. The summed E-state index contributed by atoms with van der Waals surface area (Å²) in [4.78, 5) is 0. The highest BCUT2D eigenvalue weighted by molar-refractivity contribution is 4.91. The maximum atomic E-state index is 9.81. The molecule has 21 heavy (non-hydrogen) atoms. The topological polar surface area (TPSA) is 155 Å². The van der Waals surface area contributed by atoms with Gasteiger partial charge in [-0.25, -0.2) is 0 Å². The van der Waals surface area contributed by atoms with E-state index in [1.807, 2.05) is 0 Å². The molecule has 0 aromatic rings. The highest BCUT2D eigenvalue weighted by atomic mass is 16.7. The highest BCUT2D eigenvalue weighted by Crippen LogP contribution is 2.25. The third kappa shape index (κ3) is 3.36. The Morgan fingerprint density at radius 3 is 2.00 bits per heavy atom. The van der Waals surface area contributed by atoms with Gasteiger partial charge in [0.25, 0.3) is 0 Å². The van der Waals surface area contributed by atoms with Crippen molar-refractivity contribution in [3.63, 3.8) is 0 Å². The molecular weight excluding hydrogens is 286 g/mol. The molecule has 7 N–H and O–H groups in total. The van der Waals surface area contributed by atoms with Crippen LogP contribution in [0.2, 0.25) is 0 Å². The second-order valence-corrected chi connectivity index (χ2v) is 5.44. The lowest BCUT2D eigenvalue weighted by Crippen LogP contribution is -2.60. The first kappa shape index (κ1) is 17.0. The fourth-order valence-corrected chi connectivity index (χ4v) is 2.51. The van der Waals surface area contributed by atoms with Gasteiger partial charge in [0.15, 0.2) is 6.29 Å². The summed E-state index contributed by atoms with van der Waals surface area (Å²) < 4.78 is 15.9. The Kier molecular flexibility index (Phi) is 5.52. The van der Waals surface area contributed by atoms with Gasteiger partial charge >= 0.3 is 0 Å². The van der Waals surface area contributed by atoms with E-state index in [-0.39, 0.29) is 13.2 Å². The van der Waals surface area contributed by atoms with Crippen LogP contribution in [-0.4, -0.2) is 93.8 Å². The Morgan fingerprint density at radius 1 is 0.857 bits per heavy atom. The molecule has 0 spiro atoms. The van der Waals surface area contributed by atoms with Crippen molar-refractivity contribution in [1.82, 2.24) is 0 Å². The number of hydrogen-bond donors (Lipinski definition) is 6. The van der Waals surface area contributed by atoms with E-state index in [0.29, 0.717) is 0 Å². The van der Waals surface area contributed by atoms with Crippen LogP contribution < -0.4 is 5.73 Å². The van der Waals surface area contributed by atoms with Crippen molar-refractivity contribution >= 4 is 0 Å². The molecule has 0 aliphatic carbocycles. The van der Waals surface area contributed by atoms with Crippen LogP contribution in [0.1, 0.15) is 6.92 Å². The van der Waals surface area contributed by atoms with Crippen LogP contribution in [0.5, 0.6) is 0 Å². The smallest absolute Gasteiger partial charge is 0.186 e. The monoisotopic (exact) mass is 309 g/mol. The number of aliphatic hydroxyl groups excluding tert-OH is 5.